The summed E-state index contributed by atoms with van der Waals surface area (Å²) in [6, 6.07) is 10.3. The van der Waals surface area contributed by atoms with Crippen molar-refractivity contribution in [2.24, 2.45) is 5.41 Å². The Hall–Kier alpha value is -2.03. The molecule has 0 fully saturated rings. The first-order valence-electron chi connectivity index (χ1n) is 7.45. The Kier molecular flexibility index (Phi) is 3.58. The van der Waals surface area contributed by atoms with Gasteiger partial charge >= 0.3 is 0 Å². The summed E-state index contributed by atoms with van der Waals surface area (Å²) in [6.07, 6.45) is 4.91. The van der Waals surface area contributed by atoms with Gasteiger partial charge in [0.1, 0.15) is 5.82 Å². The summed E-state index contributed by atoms with van der Waals surface area (Å²) in [5.74, 6) is 1.01. The molecule has 3 heteroatoms. The van der Waals surface area contributed by atoms with Gasteiger partial charge in [0, 0.05) is 19.0 Å². The Morgan fingerprint density at radius 1 is 1.10 bits per heavy atom. The fraction of sp³-hybridized carbons (Fsp3) is 0.389. The minimum Gasteiger partial charge on any atom is -0.294 e. The number of Topliss-reactive ketones (excluding diaryl/α,β-unsaturated/α-hetero) is 1. The summed E-state index contributed by atoms with van der Waals surface area (Å²) in [5, 5.41) is 0. The highest BCUT2D eigenvalue weighted by molar-refractivity contribution is 5.98. The molecule has 0 spiro atoms. The monoisotopic (exact) mass is 280 g/mol. The molecule has 1 heterocycles. The van der Waals surface area contributed by atoms with Crippen molar-refractivity contribution in [2.75, 3.05) is 0 Å². The molecule has 0 amide bonds. The first kappa shape index (κ1) is 13.9. The van der Waals surface area contributed by atoms with Crippen LogP contribution in [0.5, 0.6) is 0 Å². The highest BCUT2D eigenvalue weighted by atomic mass is 16.1. The van der Waals surface area contributed by atoms with Crippen molar-refractivity contribution in [3.8, 4) is 0 Å². The summed E-state index contributed by atoms with van der Waals surface area (Å²) >= 11 is 0. The lowest BCUT2D eigenvalue weighted by Gasteiger charge is -2.29. The average Bonchev–Trinajstić information content (AvgIpc) is 2.44. The smallest absolute Gasteiger partial charge is 0.166 e. The van der Waals surface area contributed by atoms with Gasteiger partial charge in [-0.15, -0.1) is 0 Å². The number of aryl methyl sites for hydroxylation is 2. The zero-order chi connectivity index (χ0) is 14.9. The maximum atomic E-state index is 12.1. The summed E-state index contributed by atoms with van der Waals surface area (Å²) in [6.45, 7) is 4.25. The minimum atomic E-state index is 0.00906. The SMILES string of the molecule is CC1(C)CC(=O)c2cnc(CCc3ccccc3)nc2C1. The molecule has 0 aliphatic heterocycles. The molecule has 3 rings (SSSR count). The summed E-state index contributed by atoms with van der Waals surface area (Å²) in [4.78, 5) is 21.1. The lowest BCUT2D eigenvalue weighted by Crippen LogP contribution is -2.28. The van der Waals surface area contributed by atoms with E-state index in [2.05, 4.69) is 35.9 Å². The van der Waals surface area contributed by atoms with Crippen LogP contribution in [0.4, 0.5) is 0 Å². The van der Waals surface area contributed by atoms with Crippen LogP contribution in [0.25, 0.3) is 0 Å². The third-order valence-corrected chi connectivity index (χ3v) is 3.98. The lowest BCUT2D eigenvalue weighted by atomic mass is 9.76. The maximum Gasteiger partial charge on any atom is 0.166 e. The fourth-order valence-corrected chi connectivity index (χ4v) is 2.89. The van der Waals surface area contributed by atoms with Gasteiger partial charge in [-0.1, -0.05) is 44.2 Å². The second-order valence-corrected chi connectivity index (χ2v) is 6.57. The Morgan fingerprint density at radius 3 is 2.62 bits per heavy atom. The van der Waals surface area contributed by atoms with Crippen molar-refractivity contribution in [3.63, 3.8) is 0 Å². The standard InChI is InChI=1S/C18H20N2O/c1-18(2)10-15-14(16(21)11-18)12-19-17(20-15)9-8-13-6-4-3-5-7-13/h3-7,12H,8-11H2,1-2H3. The van der Waals surface area contributed by atoms with Crippen molar-refractivity contribution < 1.29 is 4.79 Å². The van der Waals surface area contributed by atoms with Crippen LogP contribution in [-0.2, 0) is 19.3 Å². The van der Waals surface area contributed by atoms with Gasteiger partial charge in [0.05, 0.1) is 11.3 Å². The molecule has 0 saturated heterocycles. The number of benzene rings is 1. The molecule has 0 radical (unpaired) electrons. The quantitative estimate of drug-likeness (QED) is 0.865. The molecule has 0 bridgehead atoms. The van der Waals surface area contributed by atoms with Gasteiger partial charge in [-0.3, -0.25) is 4.79 Å². The third-order valence-electron chi connectivity index (χ3n) is 3.98. The van der Waals surface area contributed by atoms with Crippen LogP contribution in [-0.4, -0.2) is 15.8 Å². The predicted octanol–water partition coefficient (Wildman–Crippen LogP) is 3.42. The van der Waals surface area contributed by atoms with Crippen LogP contribution >= 0.6 is 0 Å². The van der Waals surface area contributed by atoms with Crippen LogP contribution in [0.3, 0.4) is 0 Å². The van der Waals surface area contributed by atoms with Gasteiger partial charge in [-0.25, -0.2) is 9.97 Å². The molecule has 1 aromatic carbocycles. The first-order valence-corrected chi connectivity index (χ1v) is 7.45. The average molecular weight is 280 g/mol. The van der Waals surface area contributed by atoms with E-state index in [0.717, 1.165) is 36.3 Å². The second-order valence-electron chi connectivity index (χ2n) is 6.57. The molecular formula is C18H20N2O. The number of aromatic nitrogens is 2. The van der Waals surface area contributed by atoms with Gasteiger partial charge < -0.3 is 0 Å². The largest absolute Gasteiger partial charge is 0.294 e. The zero-order valence-electron chi connectivity index (χ0n) is 12.6. The zero-order valence-corrected chi connectivity index (χ0v) is 12.6. The molecule has 2 aromatic rings. The van der Waals surface area contributed by atoms with E-state index in [4.69, 9.17) is 0 Å². The number of fused-ring (bicyclic) bond motifs is 1. The Balaban J connectivity index is 1.78. The molecule has 0 atom stereocenters. The van der Waals surface area contributed by atoms with Crippen molar-refractivity contribution in [2.45, 2.75) is 39.5 Å². The number of ketones is 1. The Bertz CT molecular complexity index is 662. The summed E-state index contributed by atoms with van der Waals surface area (Å²) < 4.78 is 0. The number of carbonyl (C=O) groups is 1. The highest BCUT2D eigenvalue weighted by Crippen LogP contribution is 2.33. The van der Waals surface area contributed by atoms with Crippen LogP contribution < -0.4 is 0 Å². The molecule has 0 saturated carbocycles. The van der Waals surface area contributed by atoms with Crippen molar-refractivity contribution in [3.05, 3.63) is 59.2 Å². The number of nitrogens with zero attached hydrogens (tertiary/aromatic N) is 2. The number of hydrogen-bond donors (Lipinski definition) is 0. The van der Waals surface area contributed by atoms with Crippen molar-refractivity contribution >= 4 is 5.78 Å². The molecule has 1 aliphatic carbocycles. The Labute approximate surface area is 125 Å². The lowest BCUT2D eigenvalue weighted by molar-refractivity contribution is 0.0909. The third kappa shape index (κ3) is 3.18. The van der Waals surface area contributed by atoms with Crippen LogP contribution in [0.1, 0.15) is 47.7 Å². The van der Waals surface area contributed by atoms with E-state index < -0.39 is 0 Å². The molecule has 1 aromatic heterocycles. The highest BCUT2D eigenvalue weighted by Gasteiger charge is 2.32. The number of rotatable bonds is 3. The second kappa shape index (κ2) is 5.40. The molecule has 1 aliphatic rings. The fourth-order valence-electron chi connectivity index (χ4n) is 2.89. The molecule has 0 unspecified atom stereocenters. The van der Waals surface area contributed by atoms with Crippen molar-refractivity contribution in [1.82, 2.24) is 9.97 Å². The first-order chi connectivity index (χ1) is 10.0. The van der Waals surface area contributed by atoms with Gasteiger partial charge in [0.25, 0.3) is 0 Å². The van der Waals surface area contributed by atoms with Gasteiger partial charge in [0.2, 0.25) is 0 Å². The van der Waals surface area contributed by atoms with E-state index in [-0.39, 0.29) is 11.2 Å². The molecular weight excluding hydrogens is 260 g/mol. The molecule has 21 heavy (non-hydrogen) atoms. The van der Waals surface area contributed by atoms with Crippen LogP contribution in [0.15, 0.2) is 36.5 Å². The minimum absolute atomic E-state index is 0.00906. The van der Waals surface area contributed by atoms with Crippen LogP contribution in [0, 0.1) is 5.41 Å². The van der Waals surface area contributed by atoms with E-state index in [9.17, 15) is 4.79 Å². The predicted molar refractivity (Wildman–Crippen MR) is 82.3 cm³/mol. The summed E-state index contributed by atoms with van der Waals surface area (Å²) in [5.41, 5.74) is 2.94. The normalized spacial score (nSPS) is 16.6. The van der Waals surface area contributed by atoms with Crippen LogP contribution in [0.2, 0.25) is 0 Å². The van der Waals surface area contributed by atoms with E-state index in [1.165, 1.54) is 5.56 Å². The molecule has 0 N–H and O–H groups in total. The van der Waals surface area contributed by atoms with Gasteiger partial charge in [-0.2, -0.15) is 0 Å². The van der Waals surface area contributed by atoms with Crippen molar-refractivity contribution in [1.29, 1.82) is 0 Å². The summed E-state index contributed by atoms with van der Waals surface area (Å²) in [7, 11) is 0. The Morgan fingerprint density at radius 2 is 1.86 bits per heavy atom. The van der Waals surface area contributed by atoms with E-state index >= 15 is 0 Å². The topological polar surface area (TPSA) is 42.9 Å². The number of hydrogen-bond acceptors (Lipinski definition) is 3. The van der Waals surface area contributed by atoms with E-state index in [1.54, 1.807) is 6.20 Å². The van der Waals surface area contributed by atoms with Gasteiger partial charge in [0.15, 0.2) is 5.78 Å². The van der Waals surface area contributed by atoms with E-state index in [0.29, 0.717) is 6.42 Å². The number of carbonyl (C=O) groups excluding carboxylic acids is 1. The maximum absolute atomic E-state index is 12.1. The molecule has 108 valence electrons. The molecule has 3 nitrogen and oxygen atoms in total. The van der Waals surface area contributed by atoms with Gasteiger partial charge in [-0.05, 0) is 23.8 Å². The van der Waals surface area contributed by atoms with E-state index in [1.807, 2.05) is 18.2 Å².